The van der Waals surface area contributed by atoms with Crippen LogP contribution in [-0.4, -0.2) is 35.3 Å². The van der Waals surface area contributed by atoms with Gasteiger partial charge in [0.2, 0.25) is 5.91 Å². The molecule has 0 unspecified atom stereocenters. The zero-order chi connectivity index (χ0) is 12.1. The second kappa shape index (κ2) is 4.89. The summed E-state index contributed by atoms with van der Waals surface area (Å²) in [6, 6.07) is 4.81. The van der Waals surface area contributed by atoms with Crippen molar-refractivity contribution in [3.63, 3.8) is 0 Å². The molecule has 16 heavy (non-hydrogen) atoms. The molecule has 1 rings (SSSR count). The Kier molecular flexibility index (Phi) is 3.56. The smallest absolute Gasteiger partial charge is 0.272 e. The van der Waals surface area contributed by atoms with Gasteiger partial charge in [0.25, 0.3) is 5.91 Å². The Morgan fingerprint density at radius 3 is 2.69 bits per heavy atom. The second-order valence-electron chi connectivity index (χ2n) is 3.17. The van der Waals surface area contributed by atoms with E-state index in [1.165, 1.54) is 25.4 Å². The first-order valence-electron chi connectivity index (χ1n) is 4.44. The zero-order valence-electron chi connectivity index (χ0n) is 8.67. The summed E-state index contributed by atoms with van der Waals surface area (Å²) in [6.45, 7) is -0.166. The Bertz CT molecular complexity index is 447. The van der Waals surface area contributed by atoms with Gasteiger partial charge in [0.15, 0.2) is 0 Å². The van der Waals surface area contributed by atoms with Gasteiger partial charge in [-0.1, -0.05) is 0 Å². The van der Waals surface area contributed by atoms with Crippen molar-refractivity contribution in [2.45, 2.75) is 0 Å². The van der Waals surface area contributed by atoms with Gasteiger partial charge in [-0.2, -0.15) is 5.26 Å². The van der Waals surface area contributed by atoms with E-state index in [1.807, 2.05) is 6.07 Å². The summed E-state index contributed by atoms with van der Waals surface area (Å²) in [5.41, 5.74) is 5.50. The molecule has 6 nitrogen and oxygen atoms in total. The third-order valence-corrected chi connectivity index (χ3v) is 1.85. The van der Waals surface area contributed by atoms with Gasteiger partial charge in [-0.25, -0.2) is 4.98 Å². The van der Waals surface area contributed by atoms with Crippen molar-refractivity contribution < 1.29 is 9.59 Å². The van der Waals surface area contributed by atoms with E-state index >= 15 is 0 Å². The van der Waals surface area contributed by atoms with Crippen LogP contribution in [0.15, 0.2) is 18.3 Å². The minimum atomic E-state index is -0.593. The van der Waals surface area contributed by atoms with Crippen molar-refractivity contribution in [3.8, 4) is 6.07 Å². The minimum absolute atomic E-state index is 0.166. The highest BCUT2D eigenvalue weighted by Crippen LogP contribution is 2.02. The molecule has 0 spiro atoms. The van der Waals surface area contributed by atoms with Gasteiger partial charge < -0.3 is 10.6 Å². The van der Waals surface area contributed by atoms with Crippen LogP contribution in [0, 0.1) is 11.3 Å². The lowest BCUT2D eigenvalue weighted by Gasteiger charge is -2.13. The molecule has 0 radical (unpaired) electrons. The highest BCUT2D eigenvalue weighted by Gasteiger charge is 2.14. The van der Waals surface area contributed by atoms with Crippen LogP contribution in [-0.2, 0) is 4.79 Å². The number of rotatable bonds is 3. The summed E-state index contributed by atoms with van der Waals surface area (Å²) in [6.07, 6.45) is 1.30. The molecule has 0 saturated heterocycles. The first-order chi connectivity index (χ1) is 7.54. The van der Waals surface area contributed by atoms with E-state index < -0.39 is 11.8 Å². The largest absolute Gasteiger partial charge is 0.368 e. The normalized spacial score (nSPS) is 9.25. The van der Waals surface area contributed by atoms with Crippen molar-refractivity contribution >= 4 is 11.8 Å². The van der Waals surface area contributed by atoms with Gasteiger partial charge in [0, 0.05) is 13.2 Å². The lowest BCUT2D eigenvalue weighted by atomic mass is 10.2. The molecule has 0 bridgehead atoms. The van der Waals surface area contributed by atoms with Gasteiger partial charge >= 0.3 is 0 Å². The van der Waals surface area contributed by atoms with E-state index in [1.54, 1.807) is 0 Å². The number of carbonyl (C=O) groups is 2. The summed E-state index contributed by atoms with van der Waals surface area (Å²) in [7, 11) is 1.45. The van der Waals surface area contributed by atoms with Crippen molar-refractivity contribution in [3.05, 3.63) is 29.6 Å². The number of aromatic nitrogens is 1. The Hall–Kier alpha value is -2.42. The zero-order valence-corrected chi connectivity index (χ0v) is 8.67. The summed E-state index contributed by atoms with van der Waals surface area (Å²) < 4.78 is 0. The molecule has 1 aromatic rings. The average Bonchev–Trinajstić information content (AvgIpc) is 2.27. The van der Waals surface area contributed by atoms with Crippen LogP contribution in [0.1, 0.15) is 16.1 Å². The van der Waals surface area contributed by atoms with Crippen LogP contribution in [0.5, 0.6) is 0 Å². The average molecular weight is 218 g/mol. The van der Waals surface area contributed by atoms with Gasteiger partial charge in [0.1, 0.15) is 11.8 Å². The topological polar surface area (TPSA) is 100 Å². The molecule has 0 saturated carbocycles. The SMILES string of the molecule is CN(CC(N)=O)C(=O)c1ccc(C#N)cn1. The summed E-state index contributed by atoms with van der Waals surface area (Å²) in [5.74, 6) is -1.01. The molecule has 1 aromatic heterocycles. The number of nitrogens with two attached hydrogens (primary N) is 1. The van der Waals surface area contributed by atoms with Gasteiger partial charge in [-0.15, -0.1) is 0 Å². The lowest BCUT2D eigenvalue weighted by Crippen LogP contribution is -2.35. The molecule has 0 fully saturated rings. The highest BCUT2D eigenvalue weighted by atomic mass is 16.2. The molecular weight excluding hydrogens is 208 g/mol. The number of nitriles is 1. The van der Waals surface area contributed by atoms with Crippen LogP contribution >= 0.6 is 0 Å². The Morgan fingerprint density at radius 2 is 2.25 bits per heavy atom. The van der Waals surface area contributed by atoms with Crippen LogP contribution in [0.4, 0.5) is 0 Å². The molecule has 0 atom stereocenters. The Labute approximate surface area is 92.3 Å². The predicted molar refractivity (Wildman–Crippen MR) is 55.1 cm³/mol. The van der Waals surface area contributed by atoms with Gasteiger partial charge in [0.05, 0.1) is 12.1 Å². The number of hydrogen-bond acceptors (Lipinski definition) is 4. The molecule has 1 heterocycles. The Balaban J connectivity index is 2.80. The second-order valence-corrected chi connectivity index (χ2v) is 3.17. The first kappa shape index (κ1) is 11.7. The van der Waals surface area contributed by atoms with E-state index in [-0.39, 0.29) is 12.2 Å². The van der Waals surface area contributed by atoms with Crippen LogP contribution in [0.25, 0.3) is 0 Å². The number of likely N-dealkylation sites (N-methyl/N-ethyl adjacent to an activating group) is 1. The fourth-order valence-corrected chi connectivity index (χ4v) is 1.09. The first-order valence-corrected chi connectivity index (χ1v) is 4.44. The highest BCUT2D eigenvalue weighted by molar-refractivity contribution is 5.94. The van der Waals surface area contributed by atoms with Gasteiger partial charge in [-0.05, 0) is 12.1 Å². The van der Waals surface area contributed by atoms with E-state index in [9.17, 15) is 9.59 Å². The minimum Gasteiger partial charge on any atom is -0.368 e. The van der Waals surface area contributed by atoms with Crippen molar-refractivity contribution in [2.75, 3.05) is 13.6 Å². The molecule has 0 aliphatic rings. The van der Waals surface area contributed by atoms with E-state index in [0.29, 0.717) is 5.56 Å². The number of amides is 2. The molecule has 6 heteroatoms. The molecular formula is C10H10N4O2. The number of pyridine rings is 1. The van der Waals surface area contributed by atoms with Crippen molar-refractivity contribution in [1.82, 2.24) is 9.88 Å². The fraction of sp³-hybridized carbons (Fsp3) is 0.200. The predicted octanol–water partition coefficient (Wildman–Crippen LogP) is -0.489. The Morgan fingerprint density at radius 1 is 1.56 bits per heavy atom. The van der Waals surface area contributed by atoms with E-state index in [4.69, 9.17) is 11.0 Å². The van der Waals surface area contributed by atoms with Gasteiger partial charge in [-0.3, -0.25) is 9.59 Å². The van der Waals surface area contributed by atoms with E-state index in [0.717, 1.165) is 4.90 Å². The molecule has 82 valence electrons. The third kappa shape index (κ3) is 2.78. The molecule has 0 aliphatic heterocycles. The fourth-order valence-electron chi connectivity index (χ4n) is 1.09. The maximum Gasteiger partial charge on any atom is 0.272 e. The molecule has 2 N–H and O–H groups in total. The maximum absolute atomic E-state index is 11.7. The van der Waals surface area contributed by atoms with Crippen LogP contribution in [0.2, 0.25) is 0 Å². The number of nitrogens with zero attached hydrogens (tertiary/aromatic N) is 3. The lowest BCUT2D eigenvalue weighted by molar-refractivity contribution is -0.118. The number of hydrogen-bond donors (Lipinski definition) is 1. The van der Waals surface area contributed by atoms with Crippen molar-refractivity contribution in [1.29, 1.82) is 5.26 Å². The van der Waals surface area contributed by atoms with Crippen LogP contribution in [0.3, 0.4) is 0 Å². The molecule has 2 amide bonds. The standard InChI is InChI=1S/C10H10N4O2/c1-14(6-9(12)15)10(16)8-3-2-7(4-11)5-13-8/h2-3,5H,6H2,1H3,(H2,12,15). The third-order valence-electron chi connectivity index (χ3n) is 1.85. The molecule has 0 aromatic carbocycles. The maximum atomic E-state index is 11.7. The van der Waals surface area contributed by atoms with Crippen molar-refractivity contribution in [2.24, 2.45) is 5.73 Å². The summed E-state index contributed by atoms with van der Waals surface area (Å²) >= 11 is 0. The number of primary amides is 1. The monoisotopic (exact) mass is 218 g/mol. The number of carbonyl (C=O) groups excluding carboxylic acids is 2. The summed E-state index contributed by atoms with van der Waals surface area (Å²) in [5, 5.41) is 8.55. The van der Waals surface area contributed by atoms with E-state index in [2.05, 4.69) is 4.98 Å². The molecule has 0 aliphatic carbocycles. The summed E-state index contributed by atoms with van der Waals surface area (Å²) in [4.78, 5) is 27.2. The van der Waals surface area contributed by atoms with Crippen LogP contribution < -0.4 is 5.73 Å². The quantitative estimate of drug-likeness (QED) is 0.739.